The van der Waals surface area contributed by atoms with Crippen LogP contribution in [0, 0.1) is 0 Å². The third-order valence-corrected chi connectivity index (χ3v) is 4.42. The summed E-state index contributed by atoms with van der Waals surface area (Å²) in [5.74, 6) is -0.892. The molecule has 1 fully saturated rings. The first-order chi connectivity index (χ1) is 11.5. The minimum absolute atomic E-state index is 0.147. The number of amides is 3. The number of nitrogens with two attached hydrogens (primary N) is 1. The highest BCUT2D eigenvalue weighted by Gasteiger charge is 2.32. The molecule has 0 spiro atoms. The second kappa shape index (κ2) is 8.47. The molecule has 24 heavy (non-hydrogen) atoms. The van der Waals surface area contributed by atoms with Crippen LogP contribution in [0.5, 0.6) is 0 Å². The summed E-state index contributed by atoms with van der Waals surface area (Å²) < 4.78 is 0. The van der Waals surface area contributed by atoms with Crippen molar-refractivity contribution in [3.63, 3.8) is 0 Å². The van der Waals surface area contributed by atoms with Crippen LogP contribution in [-0.2, 0) is 20.8 Å². The SMILES string of the molecule is CC(C(N)=O)N1CCCCC(NC(=O)CCc2ccccc2)C1=O. The fourth-order valence-corrected chi connectivity index (χ4v) is 2.91. The lowest BCUT2D eigenvalue weighted by Gasteiger charge is -2.28. The number of hydrogen-bond acceptors (Lipinski definition) is 3. The van der Waals surface area contributed by atoms with Crippen LogP contribution in [0.3, 0.4) is 0 Å². The predicted octanol–water partition coefficient (Wildman–Crippen LogP) is 0.990. The van der Waals surface area contributed by atoms with Gasteiger partial charge in [0.25, 0.3) is 0 Å². The Morgan fingerprint density at radius 3 is 2.67 bits per heavy atom. The number of carbonyl (C=O) groups excluding carboxylic acids is 3. The van der Waals surface area contributed by atoms with Crippen LogP contribution in [0.15, 0.2) is 30.3 Å². The first-order valence-corrected chi connectivity index (χ1v) is 8.42. The lowest BCUT2D eigenvalue weighted by Crippen LogP contribution is -2.53. The Morgan fingerprint density at radius 1 is 1.29 bits per heavy atom. The number of benzene rings is 1. The van der Waals surface area contributed by atoms with Gasteiger partial charge in [0.15, 0.2) is 0 Å². The molecule has 3 N–H and O–H groups in total. The summed E-state index contributed by atoms with van der Waals surface area (Å²) in [6.45, 7) is 2.12. The second-order valence-corrected chi connectivity index (χ2v) is 6.21. The summed E-state index contributed by atoms with van der Waals surface area (Å²) in [5.41, 5.74) is 6.41. The number of rotatable bonds is 6. The molecule has 2 unspecified atom stereocenters. The summed E-state index contributed by atoms with van der Waals surface area (Å²) in [6.07, 6.45) is 3.20. The average Bonchev–Trinajstić information content (AvgIpc) is 2.75. The molecule has 0 radical (unpaired) electrons. The van der Waals surface area contributed by atoms with E-state index in [2.05, 4.69) is 5.32 Å². The zero-order valence-electron chi connectivity index (χ0n) is 14.0. The fourth-order valence-electron chi connectivity index (χ4n) is 2.91. The summed E-state index contributed by atoms with van der Waals surface area (Å²) in [7, 11) is 0. The Balaban J connectivity index is 1.92. The molecule has 1 aliphatic heterocycles. The van der Waals surface area contributed by atoms with Crippen LogP contribution < -0.4 is 11.1 Å². The number of aryl methyl sites for hydroxylation is 1. The third kappa shape index (κ3) is 4.81. The van der Waals surface area contributed by atoms with E-state index in [1.807, 2.05) is 30.3 Å². The summed E-state index contributed by atoms with van der Waals surface area (Å²) in [6, 6.07) is 8.52. The molecule has 1 heterocycles. The van der Waals surface area contributed by atoms with Crippen molar-refractivity contribution in [2.75, 3.05) is 6.54 Å². The van der Waals surface area contributed by atoms with Gasteiger partial charge in [-0.3, -0.25) is 14.4 Å². The fraction of sp³-hybridized carbons (Fsp3) is 0.500. The van der Waals surface area contributed by atoms with Crippen LogP contribution in [-0.4, -0.2) is 41.2 Å². The molecule has 1 aliphatic rings. The molecule has 130 valence electrons. The van der Waals surface area contributed by atoms with E-state index in [0.717, 1.165) is 18.4 Å². The van der Waals surface area contributed by atoms with E-state index in [0.29, 0.717) is 25.8 Å². The van der Waals surface area contributed by atoms with Crippen LogP contribution in [0.4, 0.5) is 0 Å². The van der Waals surface area contributed by atoms with Crippen LogP contribution in [0.1, 0.15) is 38.2 Å². The number of carbonyl (C=O) groups is 3. The molecule has 0 bridgehead atoms. The van der Waals surface area contributed by atoms with Gasteiger partial charge in [-0.25, -0.2) is 0 Å². The number of hydrogen-bond donors (Lipinski definition) is 2. The van der Waals surface area contributed by atoms with E-state index in [4.69, 9.17) is 5.73 Å². The molecular weight excluding hydrogens is 306 g/mol. The van der Waals surface area contributed by atoms with Crippen molar-refractivity contribution in [3.8, 4) is 0 Å². The molecular formula is C18H25N3O3. The van der Waals surface area contributed by atoms with Crippen molar-refractivity contribution in [2.45, 2.75) is 51.1 Å². The van der Waals surface area contributed by atoms with E-state index in [-0.39, 0.29) is 11.8 Å². The van der Waals surface area contributed by atoms with Gasteiger partial charge in [-0.05, 0) is 38.2 Å². The molecule has 3 amide bonds. The van der Waals surface area contributed by atoms with Crippen molar-refractivity contribution in [3.05, 3.63) is 35.9 Å². The van der Waals surface area contributed by atoms with E-state index in [1.165, 1.54) is 4.90 Å². The van der Waals surface area contributed by atoms with Crippen molar-refractivity contribution in [2.24, 2.45) is 5.73 Å². The largest absolute Gasteiger partial charge is 0.368 e. The average molecular weight is 331 g/mol. The van der Waals surface area contributed by atoms with Gasteiger partial charge in [-0.1, -0.05) is 30.3 Å². The summed E-state index contributed by atoms with van der Waals surface area (Å²) >= 11 is 0. The van der Waals surface area contributed by atoms with Crippen LogP contribution in [0.25, 0.3) is 0 Å². The summed E-state index contributed by atoms with van der Waals surface area (Å²) in [4.78, 5) is 37.7. The first kappa shape index (κ1) is 18.0. The van der Waals surface area contributed by atoms with Gasteiger partial charge in [0.1, 0.15) is 12.1 Å². The van der Waals surface area contributed by atoms with E-state index < -0.39 is 18.0 Å². The van der Waals surface area contributed by atoms with Gasteiger partial charge >= 0.3 is 0 Å². The van der Waals surface area contributed by atoms with Gasteiger partial charge in [0.05, 0.1) is 0 Å². The molecule has 2 rings (SSSR count). The Bertz CT molecular complexity index is 588. The number of nitrogens with one attached hydrogen (secondary N) is 1. The molecule has 6 heteroatoms. The van der Waals surface area contributed by atoms with Crippen molar-refractivity contribution >= 4 is 17.7 Å². The monoisotopic (exact) mass is 331 g/mol. The quantitative estimate of drug-likeness (QED) is 0.814. The van der Waals surface area contributed by atoms with E-state index in [9.17, 15) is 14.4 Å². The molecule has 1 aromatic carbocycles. The molecule has 2 atom stereocenters. The highest BCUT2D eigenvalue weighted by atomic mass is 16.2. The van der Waals surface area contributed by atoms with E-state index in [1.54, 1.807) is 6.92 Å². The Labute approximate surface area is 142 Å². The summed E-state index contributed by atoms with van der Waals surface area (Å²) in [5, 5.41) is 2.82. The standard InChI is InChI=1S/C18H25N3O3/c1-13(17(19)23)21-12-6-5-9-15(18(21)24)20-16(22)11-10-14-7-3-2-4-8-14/h2-4,7-8,13,15H,5-6,9-12H2,1H3,(H2,19,23)(H,20,22). The molecule has 0 aromatic heterocycles. The minimum atomic E-state index is -0.653. The van der Waals surface area contributed by atoms with Gasteiger partial charge in [0.2, 0.25) is 17.7 Å². The normalized spacial score (nSPS) is 19.5. The zero-order valence-corrected chi connectivity index (χ0v) is 14.0. The highest BCUT2D eigenvalue weighted by Crippen LogP contribution is 2.15. The van der Waals surface area contributed by atoms with Crippen molar-refractivity contribution < 1.29 is 14.4 Å². The number of primary amides is 1. The first-order valence-electron chi connectivity index (χ1n) is 8.42. The van der Waals surface area contributed by atoms with E-state index >= 15 is 0 Å². The maximum atomic E-state index is 12.6. The highest BCUT2D eigenvalue weighted by molar-refractivity contribution is 5.91. The minimum Gasteiger partial charge on any atom is -0.368 e. The maximum absolute atomic E-state index is 12.6. The Hall–Kier alpha value is -2.37. The zero-order chi connectivity index (χ0) is 17.5. The Kier molecular flexibility index (Phi) is 6.35. The molecule has 0 saturated carbocycles. The lowest BCUT2D eigenvalue weighted by molar-refractivity contribution is -0.141. The number of nitrogens with zero attached hydrogens (tertiary/aromatic N) is 1. The van der Waals surface area contributed by atoms with Crippen molar-refractivity contribution in [1.82, 2.24) is 10.2 Å². The maximum Gasteiger partial charge on any atom is 0.245 e. The predicted molar refractivity (Wildman–Crippen MR) is 90.9 cm³/mol. The van der Waals surface area contributed by atoms with Gasteiger partial charge in [-0.15, -0.1) is 0 Å². The second-order valence-electron chi connectivity index (χ2n) is 6.21. The van der Waals surface area contributed by atoms with Gasteiger partial charge < -0.3 is 16.0 Å². The third-order valence-electron chi connectivity index (χ3n) is 4.42. The molecule has 1 aromatic rings. The van der Waals surface area contributed by atoms with Gasteiger partial charge in [0, 0.05) is 13.0 Å². The topological polar surface area (TPSA) is 92.5 Å². The molecule has 6 nitrogen and oxygen atoms in total. The Morgan fingerprint density at radius 2 is 2.00 bits per heavy atom. The van der Waals surface area contributed by atoms with Crippen molar-refractivity contribution in [1.29, 1.82) is 0 Å². The van der Waals surface area contributed by atoms with Crippen LogP contribution in [0.2, 0.25) is 0 Å². The molecule has 0 aliphatic carbocycles. The number of likely N-dealkylation sites (tertiary alicyclic amines) is 1. The lowest BCUT2D eigenvalue weighted by atomic mass is 10.1. The van der Waals surface area contributed by atoms with Crippen LogP contribution >= 0.6 is 0 Å². The smallest absolute Gasteiger partial charge is 0.245 e. The van der Waals surface area contributed by atoms with Gasteiger partial charge in [-0.2, -0.15) is 0 Å². The molecule has 1 saturated heterocycles.